The standard InChI is InChI=1S/C17H24ClN3S/c1-5-8-15(19)14-12-20-17(13(4)22-11-6-2)21(10-9-18)16(14)7-3/h5-6,8,11,19H,4,7,9-10,12H2,1-3H3/b8-5-,11-6-,19-15?. The minimum absolute atomic E-state index is 0.508. The molecule has 22 heavy (non-hydrogen) atoms. The molecular formula is C17H24ClN3S. The van der Waals surface area contributed by atoms with Gasteiger partial charge in [-0.15, -0.1) is 11.6 Å². The molecule has 0 radical (unpaired) electrons. The maximum absolute atomic E-state index is 8.21. The molecule has 0 aromatic rings. The monoisotopic (exact) mass is 337 g/mol. The van der Waals surface area contributed by atoms with Crippen LogP contribution in [-0.4, -0.2) is 35.4 Å². The van der Waals surface area contributed by atoms with E-state index in [1.165, 1.54) is 0 Å². The number of allylic oxidation sites excluding steroid dienone is 4. The van der Waals surface area contributed by atoms with Crippen molar-refractivity contribution in [1.82, 2.24) is 4.90 Å². The highest BCUT2D eigenvalue weighted by molar-refractivity contribution is 8.06. The van der Waals surface area contributed by atoms with Gasteiger partial charge in [0.25, 0.3) is 0 Å². The molecule has 3 nitrogen and oxygen atoms in total. The fourth-order valence-corrected chi connectivity index (χ4v) is 3.05. The Kier molecular flexibility index (Phi) is 8.28. The van der Waals surface area contributed by atoms with Crippen LogP contribution in [0.5, 0.6) is 0 Å². The van der Waals surface area contributed by atoms with Gasteiger partial charge in [0.2, 0.25) is 0 Å². The lowest BCUT2D eigenvalue weighted by molar-refractivity contribution is 0.511. The van der Waals surface area contributed by atoms with E-state index in [9.17, 15) is 0 Å². The number of alkyl halides is 1. The molecule has 1 heterocycles. The van der Waals surface area contributed by atoms with Gasteiger partial charge < -0.3 is 10.3 Å². The Morgan fingerprint density at radius 2 is 2.18 bits per heavy atom. The summed E-state index contributed by atoms with van der Waals surface area (Å²) >= 11 is 7.55. The lowest BCUT2D eigenvalue weighted by Gasteiger charge is -2.33. The molecule has 0 spiro atoms. The Morgan fingerprint density at radius 3 is 2.73 bits per heavy atom. The van der Waals surface area contributed by atoms with E-state index in [1.54, 1.807) is 11.8 Å². The summed E-state index contributed by atoms with van der Waals surface area (Å²) in [5, 5.41) is 10.2. The van der Waals surface area contributed by atoms with E-state index in [-0.39, 0.29) is 0 Å². The molecule has 0 atom stereocenters. The molecule has 0 fully saturated rings. The van der Waals surface area contributed by atoms with Crippen molar-refractivity contribution in [2.45, 2.75) is 27.2 Å². The van der Waals surface area contributed by atoms with Gasteiger partial charge in [-0.05, 0) is 31.8 Å². The van der Waals surface area contributed by atoms with Crippen LogP contribution in [0.25, 0.3) is 0 Å². The lowest BCUT2D eigenvalue weighted by atomic mass is 10.0. The first-order valence-corrected chi connectivity index (χ1v) is 8.80. The Hall–Kier alpha value is -1.26. The van der Waals surface area contributed by atoms with Gasteiger partial charge in [-0.2, -0.15) is 0 Å². The van der Waals surface area contributed by atoms with E-state index in [4.69, 9.17) is 17.0 Å². The Bertz CT molecular complexity index is 544. The second-order valence-electron chi connectivity index (χ2n) is 4.68. The second-order valence-corrected chi connectivity index (χ2v) is 6.06. The number of nitrogens with one attached hydrogen (secondary N) is 1. The summed E-state index contributed by atoms with van der Waals surface area (Å²) in [4.78, 5) is 7.68. The normalized spacial score (nSPS) is 15.8. The molecule has 1 rings (SSSR count). The Morgan fingerprint density at radius 1 is 1.45 bits per heavy atom. The van der Waals surface area contributed by atoms with Gasteiger partial charge in [0.05, 0.1) is 12.3 Å². The van der Waals surface area contributed by atoms with E-state index >= 15 is 0 Å². The number of hydrogen-bond acceptors (Lipinski definition) is 4. The predicted molar refractivity (Wildman–Crippen MR) is 101 cm³/mol. The molecule has 0 saturated carbocycles. The summed E-state index contributed by atoms with van der Waals surface area (Å²) in [5.41, 5.74) is 2.61. The van der Waals surface area contributed by atoms with Crippen LogP contribution in [0.1, 0.15) is 27.2 Å². The van der Waals surface area contributed by atoms with E-state index < -0.39 is 0 Å². The molecule has 120 valence electrons. The molecule has 0 amide bonds. The first-order valence-electron chi connectivity index (χ1n) is 7.39. The third kappa shape index (κ3) is 4.62. The lowest BCUT2D eigenvalue weighted by Crippen LogP contribution is -2.37. The molecule has 0 unspecified atom stereocenters. The van der Waals surface area contributed by atoms with Crippen LogP contribution in [-0.2, 0) is 0 Å². The van der Waals surface area contributed by atoms with Gasteiger partial charge in [-0.3, -0.25) is 4.99 Å². The third-order valence-corrected chi connectivity index (χ3v) is 4.26. The zero-order valence-electron chi connectivity index (χ0n) is 13.5. The van der Waals surface area contributed by atoms with Crippen molar-refractivity contribution in [2.24, 2.45) is 4.99 Å². The number of rotatable bonds is 8. The van der Waals surface area contributed by atoms with E-state index in [0.717, 1.165) is 28.4 Å². The molecule has 0 saturated heterocycles. The molecule has 0 aromatic carbocycles. The Balaban J connectivity index is 3.16. The quantitative estimate of drug-likeness (QED) is 0.501. The SMILES string of the molecule is C=C(S/C=C\C)C1=NCC(C(=N)/C=C\C)=C(CC)N1CCCl. The number of amidine groups is 1. The van der Waals surface area contributed by atoms with Crippen LogP contribution < -0.4 is 0 Å². The topological polar surface area (TPSA) is 39.5 Å². The molecule has 1 N–H and O–H groups in total. The van der Waals surface area contributed by atoms with Gasteiger partial charge in [-0.25, -0.2) is 0 Å². The van der Waals surface area contributed by atoms with E-state index in [1.807, 2.05) is 37.5 Å². The average molecular weight is 338 g/mol. The van der Waals surface area contributed by atoms with Gasteiger partial charge in [0.1, 0.15) is 5.84 Å². The minimum atomic E-state index is 0.508. The zero-order chi connectivity index (χ0) is 16.5. The molecule has 0 aromatic heterocycles. The predicted octanol–water partition coefficient (Wildman–Crippen LogP) is 4.98. The fourth-order valence-electron chi connectivity index (χ4n) is 2.30. The van der Waals surface area contributed by atoms with Crippen molar-refractivity contribution < 1.29 is 0 Å². The summed E-state index contributed by atoms with van der Waals surface area (Å²) in [5.74, 6) is 1.38. The van der Waals surface area contributed by atoms with Crippen molar-refractivity contribution in [3.63, 3.8) is 0 Å². The average Bonchev–Trinajstić information content (AvgIpc) is 2.52. The number of thioether (sulfide) groups is 1. The molecule has 1 aliphatic heterocycles. The van der Waals surface area contributed by atoms with Crippen LogP contribution in [0.3, 0.4) is 0 Å². The highest BCUT2D eigenvalue weighted by Crippen LogP contribution is 2.28. The number of nitrogens with zero attached hydrogens (tertiary/aromatic N) is 2. The second kappa shape index (κ2) is 9.70. The van der Waals surface area contributed by atoms with Crippen molar-refractivity contribution in [2.75, 3.05) is 19.0 Å². The number of hydrogen-bond donors (Lipinski definition) is 1. The van der Waals surface area contributed by atoms with E-state index in [0.29, 0.717) is 24.7 Å². The molecule has 0 aliphatic carbocycles. The molecule has 1 aliphatic rings. The summed E-state index contributed by atoms with van der Waals surface area (Å²) in [6, 6.07) is 0. The van der Waals surface area contributed by atoms with Crippen molar-refractivity contribution >= 4 is 34.9 Å². The molecule has 0 bridgehead atoms. The maximum atomic E-state index is 8.21. The van der Waals surface area contributed by atoms with Crippen molar-refractivity contribution in [1.29, 1.82) is 5.41 Å². The van der Waals surface area contributed by atoms with Gasteiger partial charge in [-0.1, -0.05) is 37.4 Å². The molecular weight excluding hydrogens is 314 g/mol. The largest absolute Gasteiger partial charge is 0.328 e. The highest BCUT2D eigenvalue weighted by Gasteiger charge is 2.25. The van der Waals surface area contributed by atoms with Crippen LogP contribution in [0.4, 0.5) is 0 Å². The number of aliphatic imine (C=N–C) groups is 1. The van der Waals surface area contributed by atoms with Crippen molar-refractivity contribution in [3.8, 4) is 0 Å². The third-order valence-electron chi connectivity index (χ3n) is 3.21. The zero-order valence-corrected chi connectivity index (χ0v) is 15.1. The number of halogens is 1. The van der Waals surface area contributed by atoms with Gasteiger partial charge >= 0.3 is 0 Å². The van der Waals surface area contributed by atoms with Crippen LogP contribution in [0.15, 0.2) is 51.4 Å². The molecule has 5 heteroatoms. The summed E-state index contributed by atoms with van der Waals surface area (Å²) in [7, 11) is 0. The maximum Gasteiger partial charge on any atom is 0.141 e. The van der Waals surface area contributed by atoms with Crippen LogP contribution in [0.2, 0.25) is 0 Å². The Labute approximate surface area is 143 Å². The first kappa shape index (κ1) is 18.8. The first-order chi connectivity index (χ1) is 10.6. The summed E-state index contributed by atoms with van der Waals surface area (Å²) in [6.45, 7) is 11.3. The van der Waals surface area contributed by atoms with Crippen LogP contribution >= 0.6 is 23.4 Å². The highest BCUT2D eigenvalue weighted by atomic mass is 35.5. The van der Waals surface area contributed by atoms with Crippen molar-refractivity contribution in [3.05, 3.63) is 46.4 Å². The van der Waals surface area contributed by atoms with Gasteiger partial charge in [0, 0.05) is 28.6 Å². The summed E-state index contributed by atoms with van der Waals surface area (Å²) < 4.78 is 0. The smallest absolute Gasteiger partial charge is 0.141 e. The van der Waals surface area contributed by atoms with Crippen LogP contribution in [0, 0.1) is 5.41 Å². The van der Waals surface area contributed by atoms with Gasteiger partial charge in [0.15, 0.2) is 0 Å². The van der Waals surface area contributed by atoms with E-state index in [2.05, 4.69) is 23.4 Å². The summed E-state index contributed by atoms with van der Waals surface area (Å²) in [6.07, 6.45) is 6.52. The fraction of sp³-hybridized carbons (Fsp3) is 0.412. The minimum Gasteiger partial charge on any atom is -0.328 e.